The van der Waals surface area contributed by atoms with E-state index in [1.54, 1.807) is 25.3 Å². The van der Waals surface area contributed by atoms with Crippen molar-refractivity contribution in [3.63, 3.8) is 0 Å². The van der Waals surface area contributed by atoms with Crippen LogP contribution in [0.4, 0.5) is 5.69 Å². The number of ether oxygens (including phenoxy) is 1. The maximum Gasteiger partial charge on any atom is 0.241 e. The summed E-state index contributed by atoms with van der Waals surface area (Å²) >= 11 is 3.20. The third-order valence-electron chi connectivity index (χ3n) is 2.98. The maximum atomic E-state index is 12.0. The SMILES string of the molecule is COC1CNC(C(=O)Nc2cccc(Br)c2O)C1. The number of aromatic hydroxyl groups is 1. The van der Waals surface area contributed by atoms with Crippen LogP contribution in [0, 0.1) is 0 Å². The summed E-state index contributed by atoms with van der Waals surface area (Å²) in [7, 11) is 1.63. The zero-order chi connectivity index (χ0) is 13.1. The van der Waals surface area contributed by atoms with E-state index >= 15 is 0 Å². The Hall–Kier alpha value is -1.11. The first-order valence-electron chi connectivity index (χ1n) is 5.66. The molecule has 2 rings (SSSR count). The van der Waals surface area contributed by atoms with Gasteiger partial charge in [-0.25, -0.2) is 0 Å². The first kappa shape index (κ1) is 13.3. The van der Waals surface area contributed by atoms with Gasteiger partial charge in [-0.3, -0.25) is 4.79 Å². The second kappa shape index (κ2) is 5.69. The van der Waals surface area contributed by atoms with Crippen LogP contribution in [0.3, 0.4) is 0 Å². The van der Waals surface area contributed by atoms with E-state index in [0.29, 0.717) is 23.1 Å². The quantitative estimate of drug-likeness (QED) is 0.739. The number of methoxy groups -OCH3 is 1. The molecule has 98 valence electrons. The van der Waals surface area contributed by atoms with E-state index in [2.05, 4.69) is 26.6 Å². The van der Waals surface area contributed by atoms with Gasteiger partial charge in [-0.05, 0) is 34.5 Å². The molecule has 0 aromatic heterocycles. The van der Waals surface area contributed by atoms with Gasteiger partial charge in [0, 0.05) is 13.7 Å². The monoisotopic (exact) mass is 314 g/mol. The minimum atomic E-state index is -0.284. The Bertz CT molecular complexity index is 453. The molecule has 2 atom stereocenters. The molecule has 1 heterocycles. The number of halogens is 1. The number of rotatable bonds is 3. The van der Waals surface area contributed by atoms with Gasteiger partial charge < -0.3 is 20.5 Å². The van der Waals surface area contributed by atoms with Crippen molar-refractivity contribution in [3.8, 4) is 5.75 Å². The number of amides is 1. The van der Waals surface area contributed by atoms with Gasteiger partial charge in [0.25, 0.3) is 0 Å². The predicted molar refractivity (Wildman–Crippen MR) is 71.6 cm³/mol. The standard InChI is InChI=1S/C12H15BrN2O3/c1-18-7-5-10(14-6-7)12(17)15-9-4-2-3-8(13)11(9)16/h2-4,7,10,14,16H,5-6H2,1H3,(H,15,17). The summed E-state index contributed by atoms with van der Waals surface area (Å²) in [4.78, 5) is 12.0. The molecule has 3 N–H and O–H groups in total. The van der Waals surface area contributed by atoms with Crippen molar-refractivity contribution in [3.05, 3.63) is 22.7 Å². The van der Waals surface area contributed by atoms with Gasteiger partial charge in [0.05, 0.1) is 22.3 Å². The first-order chi connectivity index (χ1) is 8.61. The molecule has 1 aliphatic rings. The van der Waals surface area contributed by atoms with Crippen molar-refractivity contribution < 1.29 is 14.6 Å². The third kappa shape index (κ3) is 2.82. The van der Waals surface area contributed by atoms with E-state index in [9.17, 15) is 9.90 Å². The summed E-state index contributed by atoms with van der Waals surface area (Å²) in [5.41, 5.74) is 0.400. The Kier molecular flexibility index (Phi) is 4.21. The third-order valence-corrected chi connectivity index (χ3v) is 3.62. The fourth-order valence-corrected chi connectivity index (χ4v) is 2.28. The molecule has 1 fully saturated rings. The Morgan fingerprint density at radius 3 is 3.06 bits per heavy atom. The van der Waals surface area contributed by atoms with Gasteiger partial charge in [0.1, 0.15) is 0 Å². The number of nitrogens with one attached hydrogen (secondary N) is 2. The van der Waals surface area contributed by atoms with E-state index in [4.69, 9.17) is 4.74 Å². The zero-order valence-electron chi connectivity index (χ0n) is 9.94. The molecule has 0 bridgehead atoms. The van der Waals surface area contributed by atoms with Crippen LogP contribution < -0.4 is 10.6 Å². The normalized spacial score (nSPS) is 23.0. The molecule has 1 amide bonds. The van der Waals surface area contributed by atoms with E-state index in [0.717, 1.165) is 0 Å². The van der Waals surface area contributed by atoms with Gasteiger partial charge in [0.15, 0.2) is 5.75 Å². The Morgan fingerprint density at radius 2 is 2.39 bits per heavy atom. The summed E-state index contributed by atoms with van der Waals surface area (Å²) in [5.74, 6) is -0.130. The van der Waals surface area contributed by atoms with Gasteiger partial charge >= 0.3 is 0 Å². The van der Waals surface area contributed by atoms with Gasteiger partial charge in [-0.15, -0.1) is 0 Å². The molecule has 1 aliphatic heterocycles. The topological polar surface area (TPSA) is 70.6 Å². The lowest BCUT2D eigenvalue weighted by Gasteiger charge is -2.12. The number of phenolic OH excluding ortho intramolecular Hbond substituents is 1. The highest BCUT2D eigenvalue weighted by Gasteiger charge is 2.29. The molecular formula is C12H15BrN2O3. The number of hydrogen-bond donors (Lipinski definition) is 3. The van der Waals surface area contributed by atoms with Crippen molar-refractivity contribution >= 4 is 27.5 Å². The molecule has 2 unspecified atom stereocenters. The minimum Gasteiger partial charge on any atom is -0.505 e. The number of para-hydroxylation sites is 1. The van der Waals surface area contributed by atoms with Crippen molar-refractivity contribution in [2.24, 2.45) is 0 Å². The van der Waals surface area contributed by atoms with Gasteiger partial charge in [0.2, 0.25) is 5.91 Å². The highest BCUT2D eigenvalue weighted by atomic mass is 79.9. The van der Waals surface area contributed by atoms with Crippen molar-refractivity contribution in [1.29, 1.82) is 0 Å². The van der Waals surface area contributed by atoms with Crippen LogP contribution in [0.25, 0.3) is 0 Å². The van der Waals surface area contributed by atoms with Crippen molar-refractivity contribution in [2.75, 3.05) is 19.0 Å². The fourth-order valence-electron chi connectivity index (χ4n) is 1.92. The van der Waals surface area contributed by atoms with Crippen LogP contribution >= 0.6 is 15.9 Å². The smallest absolute Gasteiger partial charge is 0.241 e. The highest BCUT2D eigenvalue weighted by Crippen LogP contribution is 2.31. The van der Waals surface area contributed by atoms with Gasteiger partial charge in [-0.1, -0.05) is 6.07 Å². The van der Waals surface area contributed by atoms with Crippen LogP contribution in [-0.2, 0) is 9.53 Å². The van der Waals surface area contributed by atoms with E-state index in [1.807, 2.05) is 0 Å². The predicted octanol–water partition coefficient (Wildman–Crippen LogP) is 1.47. The lowest BCUT2D eigenvalue weighted by Crippen LogP contribution is -2.35. The Labute approximate surface area is 114 Å². The number of carbonyl (C=O) groups is 1. The maximum absolute atomic E-state index is 12.0. The summed E-state index contributed by atoms with van der Waals surface area (Å²) in [6.45, 7) is 0.666. The van der Waals surface area contributed by atoms with Crippen LogP contribution in [0.5, 0.6) is 5.75 Å². The summed E-state index contributed by atoms with van der Waals surface area (Å²) in [5, 5.41) is 15.6. The molecule has 1 aromatic rings. The number of carbonyl (C=O) groups excluding carboxylic acids is 1. The Balaban J connectivity index is 2.01. The second-order valence-corrected chi connectivity index (χ2v) is 5.03. The van der Waals surface area contributed by atoms with Crippen molar-refractivity contribution in [1.82, 2.24) is 5.32 Å². The van der Waals surface area contributed by atoms with Crippen LogP contribution in [0.2, 0.25) is 0 Å². The number of hydrogen-bond acceptors (Lipinski definition) is 4. The minimum absolute atomic E-state index is 0.0344. The summed E-state index contributed by atoms with van der Waals surface area (Å²) < 4.78 is 5.74. The molecule has 6 heteroatoms. The average molecular weight is 315 g/mol. The molecular weight excluding hydrogens is 300 g/mol. The first-order valence-corrected chi connectivity index (χ1v) is 6.45. The second-order valence-electron chi connectivity index (χ2n) is 4.18. The molecule has 1 aromatic carbocycles. The van der Waals surface area contributed by atoms with Crippen LogP contribution in [0.15, 0.2) is 22.7 Å². The number of phenols is 1. The number of benzene rings is 1. The zero-order valence-corrected chi connectivity index (χ0v) is 11.5. The van der Waals surface area contributed by atoms with E-state index in [-0.39, 0.29) is 23.8 Å². The van der Waals surface area contributed by atoms with Crippen LogP contribution in [-0.4, -0.2) is 36.8 Å². The number of anilines is 1. The summed E-state index contributed by atoms with van der Waals surface area (Å²) in [6.07, 6.45) is 0.703. The largest absolute Gasteiger partial charge is 0.505 e. The fraction of sp³-hybridized carbons (Fsp3) is 0.417. The molecule has 0 spiro atoms. The lowest BCUT2D eigenvalue weighted by atomic mass is 10.2. The van der Waals surface area contributed by atoms with E-state index in [1.165, 1.54) is 0 Å². The molecule has 0 saturated carbocycles. The molecule has 18 heavy (non-hydrogen) atoms. The van der Waals surface area contributed by atoms with Crippen molar-refractivity contribution in [2.45, 2.75) is 18.6 Å². The molecule has 0 radical (unpaired) electrons. The highest BCUT2D eigenvalue weighted by molar-refractivity contribution is 9.10. The van der Waals surface area contributed by atoms with E-state index < -0.39 is 0 Å². The van der Waals surface area contributed by atoms with Gasteiger partial charge in [-0.2, -0.15) is 0 Å². The molecule has 5 nitrogen and oxygen atoms in total. The Morgan fingerprint density at radius 1 is 1.61 bits per heavy atom. The lowest BCUT2D eigenvalue weighted by molar-refractivity contribution is -0.118. The molecule has 0 aliphatic carbocycles. The summed E-state index contributed by atoms with van der Waals surface area (Å²) in [6, 6.07) is 4.83. The average Bonchev–Trinajstić information content (AvgIpc) is 2.83. The molecule has 1 saturated heterocycles. The van der Waals surface area contributed by atoms with Crippen LogP contribution in [0.1, 0.15) is 6.42 Å².